The number of amides is 1. The molecular formula is C23H24N2O6S. The van der Waals surface area contributed by atoms with Gasteiger partial charge in [0.2, 0.25) is 5.75 Å². The van der Waals surface area contributed by atoms with Gasteiger partial charge in [0, 0.05) is 16.9 Å². The van der Waals surface area contributed by atoms with E-state index in [0.29, 0.717) is 28.6 Å². The van der Waals surface area contributed by atoms with Crippen LogP contribution in [0.1, 0.15) is 15.9 Å². The molecule has 3 aromatic carbocycles. The third kappa shape index (κ3) is 5.12. The van der Waals surface area contributed by atoms with Gasteiger partial charge in [0.05, 0.1) is 26.2 Å². The maximum Gasteiger partial charge on any atom is 0.261 e. The Bertz CT molecular complexity index is 1180. The summed E-state index contributed by atoms with van der Waals surface area (Å²) in [5.74, 6) is 0.654. The summed E-state index contributed by atoms with van der Waals surface area (Å²) in [7, 11) is 0.639. The highest BCUT2D eigenvalue weighted by molar-refractivity contribution is 7.92. The normalized spacial score (nSPS) is 10.9. The van der Waals surface area contributed by atoms with Crippen LogP contribution in [-0.2, 0) is 10.0 Å². The molecule has 3 aromatic rings. The first-order valence-electron chi connectivity index (χ1n) is 9.58. The van der Waals surface area contributed by atoms with Gasteiger partial charge in [-0.1, -0.05) is 17.7 Å². The number of nitrogens with one attached hydrogen (secondary N) is 2. The topological polar surface area (TPSA) is 103 Å². The Balaban J connectivity index is 1.77. The lowest BCUT2D eigenvalue weighted by molar-refractivity contribution is 0.102. The van der Waals surface area contributed by atoms with Crippen molar-refractivity contribution in [3.05, 3.63) is 71.8 Å². The molecule has 0 atom stereocenters. The Morgan fingerprint density at radius 2 is 1.31 bits per heavy atom. The summed E-state index contributed by atoms with van der Waals surface area (Å²) >= 11 is 0. The molecule has 32 heavy (non-hydrogen) atoms. The minimum Gasteiger partial charge on any atom is -0.493 e. The lowest BCUT2D eigenvalue weighted by Gasteiger charge is -2.14. The van der Waals surface area contributed by atoms with Gasteiger partial charge in [-0.25, -0.2) is 8.42 Å². The van der Waals surface area contributed by atoms with E-state index in [2.05, 4.69) is 10.0 Å². The Kier molecular flexibility index (Phi) is 6.89. The second kappa shape index (κ2) is 9.61. The van der Waals surface area contributed by atoms with Crippen molar-refractivity contribution in [1.82, 2.24) is 0 Å². The zero-order valence-electron chi connectivity index (χ0n) is 18.1. The molecule has 3 rings (SSSR count). The van der Waals surface area contributed by atoms with E-state index in [1.807, 2.05) is 19.1 Å². The molecule has 9 heteroatoms. The third-order valence-electron chi connectivity index (χ3n) is 4.65. The number of rotatable bonds is 8. The van der Waals surface area contributed by atoms with Gasteiger partial charge >= 0.3 is 0 Å². The molecule has 0 heterocycles. The highest BCUT2D eigenvalue weighted by Gasteiger charge is 2.18. The molecule has 0 spiro atoms. The zero-order valence-corrected chi connectivity index (χ0v) is 18.9. The number of carbonyl (C=O) groups is 1. The summed E-state index contributed by atoms with van der Waals surface area (Å²) in [6.07, 6.45) is 0. The average Bonchev–Trinajstić information content (AvgIpc) is 2.79. The van der Waals surface area contributed by atoms with Gasteiger partial charge in [-0.3, -0.25) is 9.52 Å². The second-order valence-corrected chi connectivity index (χ2v) is 8.55. The molecule has 0 saturated heterocycles. The Morgan fingerprint density at radius 3 is 1.81 bits per heavy atom. The van der Waals surface area contributed by atoms with Crippen LogP contribution in [0, 0.1) is 6.92 Å². The van der Waals surface area contributed by atoms with Gasteiger partial charge in [-0.15, -0.1) is 0 Å². The quantitative estimate of drug-likeness (QED) is 0.530. The fourth-order valence-electron chi connectivity index (χ4n) is 2.97. The first kappa shape index (κ1) is 23.0. The van der Waals surface area contributed by atoms with Crippen LogP contribution in [-0.4, -0.2) is 35.7 Å². The molecule has 0 radical (unpaired) electrons. The van der Waals surface area contributed by atoms with Crippen LogP contribution in [0.4, 0.5) is 11.4 Å². The Hall–Kier alpha value is -3.72. The molecule has 8 nitrogen and oxygen atoms in total. The van der Waals surface area contributed by atoms with E-state index in [1.165, 1.54) is 57.7 Å². The maximum absolute atomic E-state index is 12.7. The molecule has 0 aromatic heterocycles. The molecule has 0 aliphatic rings. The lowest BCUT2D eigenvalue weighted by atomic mass is 10.1. The zero-order chi connectivity index (χ0) is 23.3. The molecule has 0 aliphatic heterocycles. The predicted molar refractivity (Wildman–Crippen MR) is 122 cm³/mol. The molecule has 0 fully saturated rings. The van der Waals surface area contributed by atoms with Crippen molar-refractivity contribution in [3.63, 3.8) is 0 Å². The number of aryl methyl sites for hydroxylation is 1. The molecule has 2 N–H and O–H groups in total. The molecule has 168 valence electrons. The Labute approximate surface area is 187 Å². The van der Waals surface area contributed by atoms with E-state index in [0.717, 1.165) is 5.56 Å². The van der Waals surface area contributed by atoms with Crippen LogP contribution in [0.3, 0.4) is 0 Å². The molecule has 0 bridgehead atoms. The van der Waals surface area contributed by atoms with Gasteiger partial charge in [-0.2, -0.15) is 0 Å². The predicted octanol–water partition coefficient (Wildman–Crippen LogP) is 4.07. The summed E-state index contributed by atoms with van der Waals surface area (Å²) in [5, 5.41) is 2.73. The standard InChI is InChI=1S/C23H24N2O6S/c1-15-5-7-18(8-6-15)25-32(27,28)19-11-9-17(10-12-19)24-23(26)16-13-20(29-2)22(31-4)21(14-16)30-3/h5-14,25H,1-4H3,(H,24,26). The van der Waals surface area contributed by atoms with E-state index in [1.54, 1.807) is 12.1 Å². The molecule has 0 aliphatic carbocycles. The van der Waals surface area contributed by atoms with E-state index in [9.17, 15) is 13.2 Å². The van der Waals surface area contributed by atoms with Crippen molar-refractivity contribution < 1.29 is 27.4 Å². The van der Waals surface area contributed by atoms with Gasteiger partial charge < -0.3 is 19.5 Å². The van der Waals surface area contributed by atoms with Crippen LogP contribution in [0.15, 0.2) is 65.6 Å². The van der Waals surface area contributed by atoms with Crippen LogP contribution in [0.5, 0.6) is 17.2 Å². The van der Waals surface area contributed by atoms with E-state index in [4.69, 9.17) is 14.2 Å². The van der Waals surface area contributed by atoms with E-state index < -0.39 is 15.9 Å². The number of hydrogen-bond donors (Lipinski definition) is 2. The van der Waals surface area contributed by atoms with Crippen LogP contribution in [0.25, 0.3) is 0 Å². The number of anilines is 2. The van der Waals surface area contributed by atoms with Crippen molar-refractivity contribution in [3.8, 4) is 17.2 Å². The van der Waals surface area contributed by atoms with E-state index in [-0.39, 0.29) is 10.5 Å². The second-order valence-electron chi connectivity index (χ2n) is 6.86. The average molecular weight is 457 g/mol. The summed E-state index contributed by atoms with van der Waals surface area (Å²) in [4.78, 5) is 12.8. The van der Waals surface area contributed by atoms with Gasteiger partial charge in [0.1, 0.15) is 0 Å². The van der Waals surface area contributed by atoms with Crippen molar-refractivity contribution in [2.24, 2.45) is 0 Å². The number of methoxy groups -OCH3 is 3. The molecule has 0 unspecified atom stereocenters. The molecule has 0 saturated carbocycles. The fraction of sp³-hybridized carbons (Fsp3) is 0.174. The highest BCUT2D eigenvalue weighted by Crippen LogP contribution is 2.38. The summed E-state index contributed by atoms with van der Waals surface area (Å²) in [6.45, 7) is 1.92. The van der Waals surface area contributed by atoms with Crippen molar-refractivity contribution in [2.45, 2.75) is 11.8 Å². The van der Waals surface area contributed by atoms with Crippen LogP contribution >= 0.6 is 0 Å². The number of carbonyl (C=O) groups excluding carboxylic acids is 1. The van der Waals surface area contributed by atoms with Crippen LogP contribution in [0.2, 0.25) is 0 Å². The Morgan fingerprint density at radius 1 is 0.781 bits per heavy atom. The van der Waals surface area contributed by atoms with E-state index >= 15 is 0 Å². The minimum absolute atomic E-state index is 0.0730. The lowest BCUT2D eigenvalue weighted by Crippen LogP contribution is -2.14. The van der Waals surface area contributed by atoms with Crippen molar-refractivity contribution in [2.75, 3.05) is 31.4 Å². The SMILES string of the molecule is COc1cc(C(=O)Nc2ccc(S(=O)(=O)Nc3ccc(C)cc3)cc2)cc(OC)c1OC. The summed E-state index contributed by atoms with van der Waals surface area (Å²) < 4.78 is 43.5. The largest absolute Gasteiger partial charge is 0.493 e. The minimum atomic E-state index is -3.76. The first-order valence-corrected chi connectivity index (χ1v) is 11.1. The molecular weight excluding hydrogens is 432 g/mol. The van der Waals surface area contributed by atoms with Gasteiger partial charge in [0.25, 0.3) is 15.9 Å². The third-order valence-corrected chi connectivity index (χ3v) is 6.05. The number of benzene rings is 3. The van der Waals surface area contributed by atoms with Crippen LogP contribution < -0.4 is 24.2 Å². The van der Waals surface area contributed by atoms with Crippen molar-refractivity contribution in [1.29, 1.82) is 0 Å². The van der Waals surface area contributed by atoms with Crippen molar-refractivity contribution >= 4 is 27.3 Å². The van der Waals surface area contributed by atoms with Gasteiger partial charge in [-0.05, 0) is 55.5 Å². The summed E-state index contributed by atoms with van der Waals surface area (Å²) in [6, 6.07) is 15.9. The summed E-state index contributed by atoms with van der Waals surface area (Å²) in [5.41, 5.74) is 2.21. The number of hydrogen-bond acceptors (Lipinski definition) is 6. The number of sulfonamides is 1. The first-order chi connectivity index (χ1) is 15.3. The van der Waals surface area contributed by atoms with Gasteiger partial charge in [0.15, 0.2) is 11.5 Å². The number of ether oxygens (including phenoxy) is 3. The maximum atomic E-state index is 12.7. The fourth-order valence-corrected chi connectivity index (χ4v) is 4.03. The monoisotopic (exact) mass is 456 g/mol. The highest BCUT2D eigenvalue weighted by atomic mass is 32.2. The molecule has 1 amide bonds. The smallest absolute Gasteiger partial charge is 0.261 e.